The van der Waals surface area contributed by atoms with E-state index < -0.39 is 0 Å². The minimum atomic E-state index is 0.403. The molecule has 2 aromatic rings. The van der Waals surface area contributed by atoms with E-state index in [1.54, 1.807) is 0 Å². The third kappa shape index (κ3) is 3.71. The number of phenols is 1. The largest absolute Gasteiger partial charge is 0.508 e. The maximum atomic E-state index is 9.73. The number of fused-ring (bicyclic) bond motifs is 1. The second kappa shape index (κ2) is 7.30. The fourth-order valence-corrected chi connectivity index (χ4v) is 4.21. The van der Waals surface area contributed by atoms with Crippen LogP contribution in [-0.2, 0) is 19.3 Å². The molecule has 1 aromatic carbocycles. The molecule has 0 spiro atoms. The number of nitrogens with zero attached hydrogens (tertiary/aromatic N) is 1. The average Bonchev–Trinajstić information content (AvgIpc) is 3.04. The highest BCUT2D eigenvalue weighted by atomic mass is 32.1. The summed E-state index contributed by atoms with van der Waals surface area (Å²) >= 11 is 1.86. The van der Waals surface area contributed by atoms with Gasteiger partial charge in [0.15, 0.2) is 0 Å². The van der Waals surface area contributed by atoms with Gasteiger partial charge in [-0.1, -0.05) is 19.1 Å². The number of aromatic hydroxyl groups is 1. The molecule has 0 amide bonds. The molecule has 3 heteroatoms. The molecule has 0 unspecified atom stereocenters. The van der Waals surface area contributed by atoms with Crippen LogP contribution in [0.1, 0.15) is 35.8 Å². The van der Waals surface area contributed by atoms with E-state index in [9.17, 15) is 5.11 Å². The Morgan fingerprint density at radius 3 is 2.91 bits per heavy atom. The maximum absolute atomic E-state index is 9.73. The van der Waals surface area contributed by atoms with Crippen LogP contribution in [0.2, 0.25) is 0 Å². The van der Waals surface area contributed by atoms with Gasteiger partial charge in [0.25, 0.3) is 0 Å². The van der Waals surface area contributed by atoms with Crippen molar-refractivity contribution in [1.29, 1.82) is 0 Å². The normalized spacial score (nSPS) is 17.6. The lowest BCUT2D eigenvalue weighted by atomic mass is 9.87. The predicted octanol–water partition coefficient (Wildman–Crippen LogP) is 4.27. The first kappa shape index (κ1) is 15.6. The van der Waals surface area contributed by atoms with Crippen molar-refractivity contribution < 1.29 is 5.11 Å². The molecule has 0 saturated heterocycles. The molecule has 1 heterocycles. The minimum Gasteiger partial charge on any atom is -0.508 e. The summed E-state index contributed by atoms with van der Waals surface area (Å²) in [7, 11) is 0. The topological polar surface area (TPSA) is 23.5 Å². The summed E-state index contributed by atoms with van der Waals surface area (Å²) in [5, 5.41) is 11.9. The molecule has 1 atom stereocenters. The van der Waals surface area contributed by atoms with Crippen molar-refractivity contribution >= 4 is 11.3 Å². The number of aryl methyl sites for hydroxylation is 1. The standard InChI is InChI=1S/C19H25NOS/c1-2-10-20(11-9-19-4-3-12-22-19)17-7-5-15-6-8-18(21)14-16(15)13-17/h3-4,6,8,12,14,17,21H,2,5,7,9-11,13H2,1H3/t17-/m1/s1. The Morgan fingerprint density at radius 2 is 2.14 bits per heavy atom. The minimum absolute atomic E-state index is 0.403. The Bertz CT molecular complexity index is 593. The summed E-state index contributed by atoms with van der Waals surface area (Å²) in [6, 6.07) is 10.9. The van der Waals surface area contributed by atoms with Crippen LogP contribution in [0, 0.1) is 0 Å². The van der Waals surface area contributed by atoms with E-state index in [-0.39, 0.29) is 0 Å². The van der Waals surface area contributed by atoms with Crippen LogP contribution in [0.15, 0.2) is 35.7 Å². The zero-order chi connectivity index (χ0) is 15.4. The zero-order valence-corrected chi connectivity index (χ0v) is 14.1. The Hall–Kier alpha value is -1.32. The number of phenolic OH excluding ortho intramolecular Hbond substituents is 1. The lowest BCUT2D eigenvalue weighted by molar-refractivity contribution is 0.182. The highest BCUT2D eigenvalue weighted by Gasteiger charge is 2.24. The van der Waals surface area contributed by atoms with E-state index in [1.807, 2.05) is 23.5 Å². The molecule has 118 valence electrons. The van der Waals surface area contributed by atoms with Gasteiger partial charge in [-0.15, -0.1) is 11.3 Å². The quantitative estimate of drug-likeness (QED) is 0.860. The number of rotatable bonds is 6. The van der Waals surface area contributed by atoms with Crippen LogP contribution < -0.4 is 0 Å². The van der Waals surface area contributed by atoms with Crippen LogP contribution >= 0.6 is 11.3 Å². The fourth-order valence-electron chi connectivity index (χ4n) is 3.51. The monoisotopic (exact) mass is 315 g/mol. The van der Waals surface area contributed by atoms with Crippen molar-refractivity contribution in [2.45, 2.75) is 45.1 Å². The van der Waals surface area contributed by atoms with Crippen molar-refractivity contribution in [2.24, 2.45) is 0 Å². The lowest BCUT2D eigenvalue weighted by Crippen LogP contribution is -2.41. The summed E-state index contributed by atoms with van der Waals surface area (Å²) in [6.45, 7) is 4.58. The van der Waals surface area contributed by atoms with Crippen molar-refractivity contribution in [3.05, 3.63) is 51.7 Å². The molecule has 1 aromatic heterocycles. The molecule has 0 fully saturated rings. The van der Waals surface area contributed by atoms with E-state index in [1.165, 1.54) is 35.4 Å². The Kier molecular flexibility index (Phi) is 5.16. The summed E-state index contributed by atoms with van der Waals surface area (Å²) in [5.41, 5.74) is 2.76. The molecule has 1 aliphatic carbocycles. The fraction of sp³-hybridized carbons (Fsp3) is 0.474. The lowest BCUT2D eigenvalue weighted by Gasteiger charge is -2.35. The number of thiophene rings is 1. The van der Waals surface area contributed by atoms with Gasteiger partial charge in [0, 0.05) is 17.5 Å². The Labute approximate surface area is 137 Å². The van der Waals surface area contributed by atoms with Gasteiger partial charge in [0.05, 0.1) is 0 Å². The SMILES string of the molecule is CCCN(CCc1cccs1)[C@@H]1CCc2ccc(O)cc2C1. The summed E-state index contributed by atoms with van der Waals surface area (Å²) in [5.74, 6) is 0.403. The van der Waals surface area contributed by atoms with Gasteiger partial charge in [-0.3, -0.25) is 4.90 Å². The van der Waals surface area contributed by atoms with Crippen molar-refractivity contribution in [3.8, 4) is 5.75 Å². The zero-order valence-electron chi connectivity index (χ0n) is 13.3. The Morgan fingerprint density at radius 1 is 1.23 bits per heavy atom. The molecule has 0 bridgehead atoms. The van der Waals surface area contributed by atoms with Crippen molar-refractivity contribution in [1.82, 2.24) is 4.90 Å². The maximum Gasteiger partial charge on any atom is 0.115 e. The van der Waals surface area contributed by atoms with Gasteiger partial charge >= 0.3 is 0 Å². The molecule has 3 rings (SSSR count). The van der Waals surface area contributed by atoms with Crippen LogP contribution in [0.5, 0.6) is 5.75 Å². The average molecular weight is 315 g/mol. The van der Waals surface area contributed by atoms with E-state index in [4.69, 9.17) is 0 Å². The number of hydrogen-bond donors (Lipinski definition) is 1. The summed E-state index contributed by atoms with van der Waals surface area (Å²) in [6.07, 6.45) is 5.81. The van der Waals surface area contributed by atoms with Gasteiger partial charge in [-0.25, -0.2) is 0 Å². The second-order valence-corrected chi connectivity index (χ2v) is 7.25. The van der Waals surface area contributed by atoms with Crippen molar-refractivity contribution in [2.75, 3.05) is 13.1 Å². The first-order valence-corrected chi connectivity index (χ1v) is 9.21. The predicted molar refractivity (Wildman–Crippen MR) is 93.8 cm³/mol. The molecule has 1 N–H and O–H groups in total. The van der Waals surface area contributed by atoms with Gasteiger partial charge in [-0.2, -0.15) is 0 Å². The molecule has 0 radical (unpaired) electrons. The molecule has 0 saturated carbocycles. The Balaban J connectivity index is 1.66. The second-order valence-electron chi connectivity index (χ2n) is 6.21. The number of hydrogen-bond acceptors (Lipinski definition) is 3. The summed E-state index contributed by atoms with van der Waals surface area (Å²) < 4.78 is 0. The van der Waals surface area contributed by atoms with E-state index in [0.717, 1.165) is 25.8 Å². The van der Waals surface area contributed by atoms with Gasteiger partial charge in [0.2, 0.25) is 0 Å². The van der Waals surface area contributed by atoms with Gasteiger partial charge < -0.3 is 5.11 Å². The van der Waals surface area contributed by atoms with Crippen LogP contribution in [0.25, 0.3) is 0 Å². The first-order valence-electron chi connectivity index (χ1n) is 8.33. The summed E-state index contributed by atoms with van der Waals surface area (Å²) in [4.78, 5) is 4.14. The molecule has 1 aliphatic rings. The van der Waals surface area contributed by atoms with Gasteiger partial charge in [0.1, 0.15) is 5.75 Å². The molecular weight excluding hydrogens is 290 g/mol. The van der Waals surface area contributed by atoms with E-state index in [2.05, 4.69) is 35.4 Å². The van der Waals surface area contributed by atoms with E-state index >= 15 is 0 Å². The van der Waals surface area contributed by atoms with Gasteiger partial charge in [-0.05, 0) is 73.4 Å². The molecular formula is C19H25NOS. The van der Waals surface area contributed by atoms with Crippen LogP contribution in [0.3, 0.4) is 0 Å². The molecule has 22 heavy (non-hydrogen) atoms. The third-order valence-corrected chi connectivity index (χ3v) is 5.58. The highest BCUT2D eigenvalue weighted by Crippen LogP contribution is 2.28. The van der Waals surface area contributed by atoms with Crippen LogP contribution in [-0.4, -0.2) is 29.1 Å². The highest BCUT2D eigenvalue weighted by molar-refractivity contribution is 7.09. The first-order chi connectivity index (χ1) is 10.8. The van der Waals surface area contributed by atoms with Crippen LogP contribution in [0.4, 0.5) is 0 Å². The smallest absolute Gasteiger partial charge is 0.115 e. The van der Waals surface area contributed by atoms with E-state index in [0.29, 0.717) is 11.8 Å². The molecule has 0 aliphatic heterocycles. The third-order valence-electron chi connectivity index (χ3n) is 4.65. The number of benzene rings is 1. The molecule has 2 nitrogen and oxygen atoms in total. The van der Waals surface area contributed by atoms with Crippen molar-refractivity contribution in [3.63, 3.8) is 0 Å².